The number of pyridine rings is 1. The smallest absolute Gasteiger partial charge is 0.100 e. The van der Waals surface area contributed by atoms with Crippen LogP contribution in [0, 0.1) is 0 Å². The highest BCUT2D eigenvalue weighted by atomic mass is 32.2. The Morgan fingerprint density at radius 2 is 2.25 bits per heavy atom. The van der Waals surface area contributed by atoms with E-state index in [4.69, 9.17) is 0 Å². The van der Waals surface area contributed by atoms with E-state index in [1.54, 1.807) is 0 Å². The molecule has 0 aliphatic carbocycles. The van der Waals surface area contributed by atoms with Gasteiger partial charge in [-0.3, -0.25) is 0 Å². The summed E-state index contributed by atoms with van der Waals surface area (Å²) in [5, 5.41) is 4.50. The van der Waals surface area contributed by atoms with Crippen LogP contribution in [0.5, 0.6) is 0 Å². The van der Waals surface area contributed by atoms with Gasteiger partial charge in [-0.15, -0.1) is 11.8 Å². The van der Waals surface area contributed by atoms with Crippen LogP contribution in [0.15, 0.2) is 23.4 Å². The van der Waals surface area contributed by atoms with Crippen LogP contribution in [0.3, 0.4) is 0 Å². The van der Waals surface area contributed by atoms with Gasteiger partial charge in [0.1, 0.15) is 5.03 Å². The Hall–Kier alpha value is -0.580. The molecule has 0 fully saturated rings. The first-order valence-corrected chi connectivity index (χ1v) is 6.64. The second-order valence-electron chi connectivity index (χ2n) is 3.90. The third-order valence-corrected chi connectivity index (χ3v) is 3.22. The van der Waals surface area contributed by atoms with Crippen molar-refractivity contribution < 1.29 is 0 Å². The van der Waals surface area contributed by atoms with Crippen molar-refractivity contribution in [3.05, 3.63) is 23.9 Å². The van der Waals surface area contributed by atoms with Crippen LogP contribution in [-0.4, -0.2) is 42.8 Å². The monoisotopic (exact) mass is 239 g/mol. The van der Waals surface area contributed by atoms with Gasteiger partial charge >= 0.3 is 0 Å². The maximum Gasteiger partial charge on any atom is 0.100 e. The number of nitrogens with one attached hydrogen (secondary N) is 1. The molecule has 1 N–H and O–H groups in total. The lowest BCUT2D eigenvalue weighted by atomic mass is 10.3. The van der Waals surface area contributed by atoms with E-state index in [0.717, 1.165) is 30.4 Å². The summed E-state index contributed by atoms with van der Waals surface area (Å²) in [5.41, 5.74) is 1.30. The molecule has 0 saturated carbocycles. The molecule has 16 heavy (non-hydrogen) atoms. The molecule has 0 unspecified atom stereocenters. The molecular weight excluding hydrogens is 218 g/mol. The SMILES string of the molecule is CCNCc1cccnc1SCCN(C)C. The first-order chi connectivity index (χ1) is 7.74. The van der Waals surface area contributed by atoms with Crippen molar-refractivity contribution in [3.8, 4) is 0 Å². The summed E-state index contributed by atoms with van der Waals surface area (Å²) in [7, 11) is 4.19. The Morgan fingerprint density at radius 3 is 2.94 bits per heavy atom. The minimum atomic E-state index is 0.911. The molecule has 0 spiro atoms. The number of thioether (sulfide) groups is 1. The van der Waals surface area contributed by atoms with Crippen molar-refractivity contribution >= 4 is 11.8 Å². The highest BCUT2D eigenvalue weighted by Crippen LogP contribution is 2.19. The Kier molecular flexibility index (Phi) is 6.45. The van der Waals surface area contributed by atoms with Crippen LogP contribution in [0.1, 0.15) is 12.5 Å². The van der Waals surface area contributed by atoms with Crippen molar-refractivity contribution in [2.45, 2.75) is 18.5 Å². The van der Waals surface area contributed by atoms with E-state index in [9.17, 15) is 0 Å². The van der Waals surface area contributed by atoms with Gasteiger partial charge in [0.25, 0.3) is 0 Å². The minimum absolute atomic E-state index is 0.911. The fourth-order valence-corrected chi connectivity index (χ4v) is 2.38. The molecule has 0 aromatic carbocycles. The van der Waals surface area contributed by atoms with Crippen LogP contribution >= 0.6 is 11.8 Å². The Labute approximate surface area is 103 Å². The van der Waals surface area contributed by atoms with Crippen LogP contribution < -0.4 is 5.32 Å². The van der Waals surface area contributed by atoms with Crippen molar-refractivity contribution in [1.82, 2.24) is 15.2 Å². The summed E-state index contributed by atoms with van der Waals surface area (Å²) in [5.74, 6) is 1.09. The quantitative estimate of drug-likeness (QED) is 0.735. The predicted molar refractivity (Wildman–Crippen MR) is 70.9 cm³/mol. The lowest BCUT2D eigenvalue weighted by molar-refractivity contribution is 0.437. The first-order valence-electron chi connectivity index (χ1n) is 5.66. The van der Waals surface area contributed by atoms with Gasteiger partial charge in [-0.25, -0.2) is 4.98 Å². The molecule has 0 saturated heterocycles. The second-order valence-corrected chi connectivity index (χ2v) is 4.98. The number of rotatable bonds is 7. The highest BCUT2D eigenvalue weighted by Gasteiger charge is 2.03. The molecule has 0 radical (unpaired) electrons. The van der Waals surface area contributed by atoms with E-state index in [1.807, 2.05) is 24.0 Å². The first kappa shape index (κ1) is 13.5. The third-order valence-electron chi connectivity index (χ3n) is 2.19. The van der Waals surface area contributed by atoms with Crippen molar-refractivity contribution in [2.24, 2.45) is 0 Å². The fourth-order valence-electron chi connectivity index (χ4n) is 1.27. The van der Waals surface area contributed by atoms with Crippen LogP contribution in [0.4, 0.5) is 0 Å². The van der Waals surface area contributed by atoms with Gasteiger partial charge in [-0.05, 0) is 32.3 Å². The van der Waals surface area contributed by atoms with Crippen LogP contribution in [0.25, 0.3) is 0 Å². The molecule has 1 aromatic rings. The van der Waals surface area contributed by atoms with E-state index in [-0.39, 0.29) is 0 Å². The van der Waals surface area contributed by atoms with Crippen molar-refractivity contribution in [1.29, 1.82) is 0 Å². The zero-order valence-corrected chi connectivity index (χ0v) is 11.2. The van der Waals surface area contributed by atoms with Crippen LogP contribution in [0.2, 0.25) is 0 Å². The highest BCUT2D eigenvalue weighted by molar-refractivity contribution is 7.99. The summed E-state index contributed by atoms with van der Waals surface area (Å²) in [4.78, 5) is 6.63. The van der Waals surface area contributed by atoms with Gasteiger partial charge in [0.05, 0.1) is 0 Å². The Balaban J connectivity index is 2.49. The number of hydrogen-bond donors (Lipinski definition) is 1. The maximum absolute atomic E-state index is 4.43. The molecule has 4 heteroatoms. The van der Waals surface area contributed by atoms with Gasteiger partial charge in [0.15, 0.2) is 0 Å². The molecule has 90 valence electrons. The second kappa shape index (κ2) is 7.65. The van der Waals surface area contributed by atoms with Crippen molar-refractivity contribution in [3.63, 3.8) is 0 Å². The topological polar surface area (TPSA) is 28.2 Å². The summed E-state index contributed by atoms with van der Waals surface area (Å²) < 4.78 is 0. The van der Waals surface area contributed by atoms with E-state index in [2.05, 4.69) is 42.3 Å². The normalized spacial score (nSPS) is 11.0. The average molecular weight is 239 g/mol. The molecule has 0 bridgehead atoms. The zero-order valence-electron chi connectivity index (χ0n) is 10.4. The van der Waals surface area contributed by atoms with Gasteiger partial charge < -0.3 is 10.2 Å². The van der Waals surface area contributed by atoms with Crippen LogP contribution in [-0.2, 0) is 6.54 Å². The van der Waals surface area contributed by atoms with Gasteiger partial charge in [-0.2, -0.15) is 0 Å². The molecule has 0 aliphatic heterocycles. The molecular formula is C12H21N3S. The summed E-state index contributed by atoms with van der Waals surface area (Å²) >= 11 is 1.83. The molecule has 1 heterocycles. The van der Waals surface area contributed by atoms with Gasteiger partial charge in [-0.1, -0.05) is 13.0 Å². The lowest BCUT2D eigenvalue weighted by Crippen LogP contribution is -2.15. The van der Waals surface area contributed by atoms with Gasteiger partial charge in [0.2, 0.25) is 0 Å². The Morgan fingerprint density at radius 1 is 1.44 bits per heavy atom. The molecule has 3 nitrogen and oxygen atoms in total. The van der Waals surface area contributed by atoms with E-state index in [1.165, 1.54) is 5.56 Å². The molecule has 0 aliphatic rings. The maximum atomic E-state index is 4.43. The largest absolute Gasteiger partial charge is 0.313 e. The standard InChI is InChI=1S/C12H21N3S/c1-4-13-10-11-6-5-7-14-12(11)16-9-8-15(2)3/h5-7,13H,4,8-10H2,1-3H3. The average Bonchev–Trinajstić information content (AvgIpc) is 2.27. The molecule has 1 aromatic heterocycles. The Bertz CT molecular complexity index is 302. The summed E-state index contributed by atoms with van der Waals surface area (Å²) in [6.45, 7) is 5.11. The lowest BCUT2D eigenvalue weighted by Gasteiger charge is -2.11. The zero-order chi connectivity index (χ0) is 11.8. The van der Waals surface area contributed by atoms with E-state index in [0.29, 0.717) is 0 Å². The number of nitrogens with zero attached hydrogens (tertiary/aromatic N) is 2. The van der Waals surface area contributed by atoms with Crippen molar-refractivity contribution in [2.75, 3.05) is 32.9 Å². The number of hydrogen-bond acceptors (Lipinski definition) is 4. The molecule has 1 rings (SSSR count). The summed E-state index contributed by atoms with van der Waals surface area (Å²) in [6.07, 6.45) is 1.87. The molecule has 0 atom stereocenters. The minimum Gasteiger partial charge on any atom is -0.313 e. The fraction of sp³-hybridized carbons (Fsp3) is 0.583. The van der Waals surface area contributed by atoms with Gasteiger partial charge in [0, 0.05) is 25.0 Å². The van der Waals surface area contributed by atoms with E-state index >= 15 is 0 Å². The predicted octanol–water partition coefficient (Wildman–Crippen LogP) is 1.84. The summed E-state index contributed by atoms with van der Waals surface area (Å²) in [6, 6.07) is 4.15. The third kappa shape index (κ3) is 4.96. The molecule has 0 amide bonds. The number of aromatic nitrogens is 1. The van der Waals surface area contributed by atoms with E-state index < -0.39 is 0 Å².